The molecule has 1 aromatic heterocycles. The molecule has 8 nitrogen and oxygen atoms in total. The Morgan fingerprint density at radius 1 is 1.09 bits per heavy atom. The number of rotatable bonds is 4. The maximum absolute atomic E-state index is 13.5. The number of nitrogens with one attached hydrogen (secondary N) is 2. The van der Waals surface area contributed by atoms with Gasteiger partial charge in [0, 0.05) is 16.7 Å². The van der Waals surface area contributed by atoms with Gasteiger partial charge in [-0.15, -0.1) is 0 Å². The largest absolute Gasteiger partial charge is 0.465 e. The van der Waals surface area contributed by atoms with Gasteiger partial charge in [0.2, 0.25) is 5.95 Å². The third-order valence-corrected chi connectivity index (χ3v) is 5.88. The van der Waals surface area contributed by atoms with E-state index in [2.05, 4.69) is 15.3 Å². The molecule has 1 aliphatic heterocycles. The number of H-pyrrole nitrogens is 1. The number of amides is 2. The highest BCUT2D eigenvalue weighted by atomic mass is 16.4. The molecule has 1 unspecified atom stereocenters. The Morgan fingerprint density at radius 3 is 2.56 bits per heavy atom. The molecule has 2 amide bonds. The van der Waals surface area contributed by atoms with Crippen LogP contribution in [0.1, 0.15) is 40.0 Å². The molecule has 4 aromatic rings. The quantitative estimate of drug-likeness (QED) is 0.391. The summed E-state index contributed by atoms with van der Waals surface area (Å²) < 4.78 is 0. The van der Waals surface area contributed by atoms with E-state index in [0.717, 1.165) is 5.56 Å². The highest BCUT2D eigenvalue weighted by Gasteiger charge is 2.51. The van der Waals surface area contributed by atoms with Gasteiger partial charge in [0.05, 0.1) is 17.1 Å². The first-order chi connectivity index (χ1) is 15.4. The number of aromatic nitrogens is 2. The van der Waals surface area contributed by atoms with Crippen molar-refractivity contribution in [1.29, 1.82) is 0 Å². The number of aliphatic hydroxyl groups is 1. The van der Waals surface area contributed by atoms with Crippen LogP contribution in [0.25, 0.3) is 11.0 Å². The van der Waals surface area contributed by atoms with E-state index in [9.17, 15) is 14.7 Å². The summed E-state index contributed by atoms with van der Waals surface area (Å²) in [6, 6.07) is 21.2. The van der Waals surface area contributed by atoms with Crippen LogP contribution in [0.3, 0.4) is 0 Å². The average Bonchev–Trinajstić information content (AvgIpc) is 3.29. The molecule has 8 heteroatoms. The molecule has 32 heavy (non-hydrogen) atoms. The molecule has 5 rings (SSSR count). The number of hydrogen-bond donors (Lipinski definition) is 4. The predicted molar refractivity (Wildman–Crippen MR) is 118 cm³/mol. The van der Waals surface area contributed by atoms with Gasteiger partial charge in [0.1, 0.15) is 0 Å². The highest BCUT2D eigenvalue weighted by Crippen LogP contribution is 2.46. The Morgan fingerprint density at radius 2 is 1.81 bits per heavy atom. The summed E-state index contributed by atoms with van der Waals surface area (Å²) in [5.74, 6) is -0.191. The summed E-state index contributed by atoms with van der Waals surface area (Å²) in [6.07, 6.45) is -1.24. The van der Waals surface area contributed by atoms with Crippen molar-refractivity contribution >= 4 is 29.0 Å². The van der Waals surface area contributed by atoms with E-state index in [1.807, 2.05) is 37.3 Å². The van der Waals surface area contributed by atoms with E-state index in [1.54, 1.807) is 42.5 Å². The Bertz CT molecular complexity index is 1350. The van der Waals surface area contributed by atoms with Gasteiger partial charge >= 0.3 is 6.09 Å². The fraction of sp³-hybridized carbons (Fsp3) is 0.125. The molecule has 3 aromatic carbocycles. The summed E-state index contributed by atoms with van der Waals surface area (Å²) in [5, 5.41) is 23.3. The van der Waals surface area contributed by atoms with Crippen LogP contribution < -0.4 is 5.32 Å². The summed E-state index contributed by atoms with van der Waals surface area (Å²) in [4.78, 5) is 33.0. The first-order valence-corrected chi connectivity index (χ1v) is 10.1. The van der Waals surface area contributed by atoms with E-state index in [4.69, 9.17) is 5.11 Å². The molecule has 2 atom stereocenters. The van der Waals surface area contributed by atoms with E-state index >= 15 is 0 Å². The van der Waals surface area contributed by atoms with Gasteiger partial charge in [-0.1, -0.05) is 54.6 Å². The van der Waals surface area contributed by atoms with Crippen LogP contribution in [0, 0.1) is 0 Å². The lowest BCUT2D eigenvalue weighted by Crippen LogP contribution is -2.46. The van der Waals surface area contributed by atoms with Crippen molar-refractivity contribution in [2.24, 2.45) is 0 Å². The standard InChI is InChI=1S/C24H20N4O4/c1-14(15-7-3-2-4-8-15)28-21(29)17-9-5-6-10-18(17)24(28,32)16-11-12-19-20(13-16)26-22(25-19)27-23(30)31/h2-14,32H,1H3,(H,30,31)(H2,25,26,27)/t14-,24?/m0/s1. The summed E-state index contributed by atoms with van der Waals surface area (Å²) in [7, 11) is 0. The SMILES string of the molecule is C[C@@H](c1ccccc1)N1C(=O)c2ccccc2C1(O)c1ccc2[nH]c(NC(=O)O)nc2c1. The molecule has 0 saturated heterocycles. The molecular weight excluding hydrogens is 408 g/mol. The van der Waals surface area contributed by atoms with Gasteiger partial charge in [-0.3, -0.25) is 15.0 Å². The van der Waals surface area contributed by atoms with Gasteiger partial charge in [0.25, 0.3) is 5.91 Å². The number of aromatic amines is 1. The average molecular weight is 428 g/mol. The van der Waals surface area contributed by atoms with E-state index in [-0.39, 0.29) is 11.9 Å². The number of carbonyl (C=O) groups is 2. The summed E-state index contributed by atoms with van der Waals surface area (Å²) >= 11 is 0. The summed E-state index contributed by atoms with van der Waals surface area (Å²) in [6.45, 7) is 1.88. The van der Waals surface area contributed by atoms with Crippen molar-refractivity contribution in [1.82, 2.24) is 14.9 Å². The van der Waals surface area contributed by atoms with Crippen molar-refractivity contribution in [3.05, 3.63) is 95.1 Å². The van der Waals surface area contributed by atoms with Crippen LogP contribution in [0.15, 0.2) is 72.8 Å². The zero-order valence-corrected chi connectivity index (χ0v) is 17.1. The minimum absolute atomic E-state index is 0.0778. The Kier molecular flexibility index (Phi) is 4.45. The number of imidazole rings is 1. The maximum atomic E-state index is 13.5. The van der Waals surface area contributed by atoms with Crippen molar-refractivity contribution in [2.45, 2.75) is 18.7 Å². The minimum Gasteiger partial charge on any atom is -0.465 e. The van der Waals surface area contributed by atoms with E-state index < -0.39 is 17.9 Å². The summed E-state index contributed by atoms with van der Waals surface area (Å²) in [5.41, 5.74) is 1.61. The zero-order valence-electron chi connectivity index (χ0n) is 17.1. The molecular formula is C24H20N4O4. The number of carboxylic acid groups (broad SMARTS) is 1. The van der Waals surface area contributed by atoms with Crippen molar-refractivity contribution < 1.29 is 19.8 Å². The van der Waals surface area contributed by atoms with Crippen LogP contribution in [0.4, 0.5) is 10.7 Å². The van der Waals surface area contributed by atoms with Gasteiger partial charge in [-0.05, 0) is 30.7 Å². The van der Waals surface area contributed by atoms with Crippen LogP contribution in [0.2, 0.25) is 0 Å². The van der Waals surface area contributed by atoms with Crippen molar-refractivity contribution in [3.63, 3.8) is 0 Å². The second kappa shape index (κ2) is 7.21. The Hall–Kier alpha value is -4.17. The molecule has 0 aliphatic carbocycles. The predicted octanol–water partition coefficient (Wildman–Crippen LogP) is 4.06. The molecule has 0 radical (unpaired) electrons. The van der Waals surface area contributed by atoms with Crippen LogP contribution in [0.5, 0.6) is 0 Å². The molecule has 160 valence electrons. The van der Waals surface area contributed by atoms with E-state index in [1.165, 1.54) is 4.90 Å². The first-order valence-electron chi connectivity index (χ1n) is 10.1. The van der Waals surface area contributed by atoms with Crippen LogP contribution in [-0.2, 0) is 5.72 Å². The molecule has 0 spiro atoms. The second-order valence-corrected chi connectivity index (χ2v) is 7.73. The van der Waals surface area contributed by atoms with Gasteiger partial charge in [0.15, 0.2) is 5.72 Å². The van der Waals surface area contributed by atoms with Gasteiger partial charge < -0.3 is 15.2 Å². The lowest BCUT2D eigenvalue weighted by molar-refractivity contribution is -0.0676. The van der Waals surface area contributed by atoms with Crippen molar-refractivity contribution in [3.8, 4) is 0 Å². The third kappa shape index (κ3) is 2.92. The number of anilines is 1. The third-order valence-electron chi connectivity index (χ3n) is 5.88. The molecule has 1 aliphatic rings. The fourth-order valence-electron chi connectivity index (χ4n) is 4.39. The minimum atomic E-state index is -1.73. The molecule has 0 bridgehead atoms. The second-order valence-electron chi connectivity index (χ2n) is 7.73. The maximum Gasteiger partial charge on any atom is 0.411 e. The zero-order chi connectivity index (χ0) is 22.5. The number of benzene rings is 3. The first kappa shape index (κ1) is 19.8. The number of carbonyl (C=O) groups excluding carboxylic acids is 1. The van der Waals surface area contributed by atoms with E-state index in [0.29, 0.717) is 27.7 Å². The monoisotopic (exact) mass is 428 g/mol. The Labute approximate surface area is 183 Å². The van der Waals surface area contributed by atoms with Crippen molar-refractivity contribution in [2.75, 3.05) is 5.32 Å². The fourth-order valence-corrected chi connectivity index (χ4v) is 4.39. The number of fused-ring (bicyclic) bond motifs is 2. The highest BCUT2D eigenvalue weighted by molar-refractivity contribution is 6.01. The molecule has 0 saturated carbocycles. The molecule has 4 N–H and O–H groups in total. The molecule has 0 fully saturated rings. The number of hydrogen-bond acceptors (Lipinski definition) is 4. The normalized spacial score (nSPS) is 18.6. The van der Waals surface area contributed by atoms with Gasteiger partial charge in [-0.2, -0.15) is 0 Å². The lowest BCUT2D eigenvalue weighted by atomic mass is 9.92. The number of nitrogens with zero attached hydrogens (tertiary/aromatic N) is 2. The Balaban J connectivity index is 1.68. The smallest absolute Gasteiger partial charge is 0.411 e. The van der Waals surface area contributed by atoms with Gasteiger partial charge in [-0.25, -0.2) is 9.78 Å². The van der Waals surface area contributed by atoms with Crippen LogP contribution >= 0.6 is 0 Å². The topological polar surface area (TPSA) is 119 Å². The lowest BCUT2D eigenvalue weighted by Gasteiger charge is -2.39. The molecule has 2 heterocycles. The van der Waals surface area contributed by atoms with Crippen LogP contribution in [-0.4, -0.2) is 37.1 Å².